The molecule has 7 heteroatoms. The molecule has 1 atom stereocenters. The van der Waals surface area contributed by atoms with Crippen LogP contribution >= 0.6 is 0 Å². The maximum absolute atomic E-state index is 12.2. The van der Waals surface area contributed by atoms with Gasteiger partial charge >= 0.3 is 6.09 Å². The zero-order valence-electron chi connectivity index (χ0n) is 16.7. The number of methoxy groups -OCH3 is 1. The van der Waals surface area contributed by atoms with Gasteiger partial charge in [-0.25, -0.2) is 4.79 Å². The van der Waals surface area contributed by atoms with Crippen LogP contribution < -0.4 is 0 Å². The highest BCUT2D eigenvalue weighted by molar-refractivity contribution is 5.82. The molecule has 1 unspecified atom stereocenters. The van der Waals surface area contributed by atoms with Gasteiger partial charge < -0.3 is 14.4 Å². The highest BCUT2D eigenvalue weighted by Crippen LogP contribution is 2.48. The Kier molecular flexibility index (Phi) is 4.28. The van der Waals surface area contributed by atoms with Crippen LogP contribution in [-0.4, -0.2) is 59.2 Å². The molecular formula is C22H24N4O3. The summed E-state index contributed by atoms with van der Waals surface area (Å²) in [6, 6.07) is 12.7. The minimum absolute atomic E-state index is 0.0325. The van der Waals surface area contributed by atoms with E-state index in [0.29, 0.717) is 25.7 Å². The van der Waals surface area contributed by atoms with Gasteiger partial charge in [0.25, 0.3) is 0 Å². The molecule has 5 rings (SSSR count). The third kappa shape index (κ3) is 2.97. The van der Waals surface area contributed by atoms with E-state index in [1.807, 2.05) is 24.4 Å². The highest BCUT2D eigenvalue weighted by atomic mass is 16.6. The van der Waals surface area contributed by atoms with Crippen molar-refractivity contribution in [2.24, 2.45) is 0 Å². The van der Waals surface area contributed by atoms with Crippen LogP contribution in [0.1, 0.15) is 25.1 Å². The first-order valence-corrected chi connectivity index (χ1v) is 9.95. The summed E-state index contributed by atoms with van der Waals surface area (Å²) in [6.45, 7) is 4.23. The lowest BCUT2D eigenvalue weighted by molar-refractivity contribution is 0.0244. The van der Waals surface area contributed by atoms with E-state index in [4.69, 9.17) is 14.6 Å². The molecule has 1 spiro atoms. The van der Waals surface area contributed by atoms with Gasteiger partial charge in [0.2, 0.25) is 0 Å². The normalized spacial score (nSPS) is 19.4. The first-order chi connectivity index (χ1) is 14.1. The van der Waals surface area contributed by atoms with Crippen LogP contribution in [0.15, 0.2) is 42.6 Å². The lowest BCUT2D eigenvalue weighted by atomic mass is 9.75. The summed E-state index contributed by atoms with van der Waals surface area (Å²) in [6.07, 6.45) is 2.61. The fourth-order valence-corrected chi connectivity index (χ4v) is 4.64. The molecule has 4 heterocycles. The summed E-state index contributed by atoms with van der Waals surface area (Å²) in [5.41, 5.74) is 4.10. The zero-order chi connectivity index (χ0) is 20.0. The van der Waals surface area contributed by atoms with Crippen LogP contribution in [0, 0.1) is 0 Å². The standard InChI is InChI=1S/C22H24N4O3/c1-15-11-22(13-25(14-22)21(27)29-8-7-28-2)20-10-19(24-26(15)20)17-9-16-5-3-4-6-18(16)23-12-17/h3-6,9-10,12,15H,7-8,11,13-14H2,1-2H3. The van der Waals surface area contributed by atoms with Crippen molar-refractivity contribution in [2.45, 2.75) is 24.8 Å². The van der Waals surface area contributed by atoms with Gasteiger partial charge in [0, 0.05) is 48.5 Å². The molecule has 1 aromatic carbocycles. The second kappa shape index (κ2) is 6.84. The van der Waals surface area contributed by atoms with Gasteiger partial charge in [-0.05, 0) is 31.5 Å². The SMILES string of the molecule is COCCOC(=O)N1CC2(CC(C)n3nc(-c4cnc5ccccc5c4)cc32)C1. The molecule has 3 aromatic rings. The largest absolute Gasteiger partial charge is 0.447 e. The Morgan fingerprint density at radius 3 is 2.90 bits per heavy atom. The molecule has 0 bridgehead atoms. The Morgan fingerprint density at radius 2 is 2.07 bits per heavy atom. The molecule has 0 radical (unpaired) electrons. The van der Waals surface area contributed by atoms with E-state index in [0.717, 1.165) is 28.6 Å². The number of carbonyl (C=O) groups excluding carboxylic acids is 1. The monoisotopic (exact) mass is 392 g/mol. The first kappa shape index (κ1) is 18.1. The average Bonchev–Trinajstić information content (AvgIpc) is 3.26. The molecule has 150 valence electrons. The number of hydrogen-bond acceptors (Lipinski definition) is 5. The van der Waals surface area contributed by atoms with Crippen molar-refractivity contribution in [1.29, 1.82) is 0 Å². The van der Waals surface area contributed by atoms with Crippen molar-refractivity contribution in [1.82, 2.24) is 19.7 Å². The van der Waals surface area contributed by atoms with E-state index in [1.54, 1.807) is 12.0 Å². The Balaban J connectivity index is 1.38. The van der Waals surface area contributed by atoms with E-state index in [2.05, 4.69) is 34.8 Å². The van der Waals surface area contributed by atoms with E-state index < -0.39 is 0 Å². The molecule has 29 heavy (non-hydrogen) atoms. The van der Waals surface area contributed by atoms with Crippen molar-refractivity contribution in [2.75, 3.05) is 33.4 Å². The quantitative estimate of drug-likeness (QED) is 0.637. The predicted molar refractivity (Wildman–Crippen MR) is 109 cm³/mol. The summed E-state index contributed by atoms with van der Waals surface area (Å²) in [5.74, 6) is 0. The predicted octanol–water partition coefficient (Wildman–Crippen LogP) is 3.40. The molecule has 7 nitrogen and oxygen atoms in total. The lowest BCUT2D eigenvalue weighted by Crippen LogP contribution is -2.60. The number of benzene rings is 1. The summed E-state index contributed by atoms with van der Waals surface area (Å²) in [4.78, 5) is 18.5. The molecule has 1 amide bonds. The van der Waals surface area contributed by atoms with Crippen LogP contribution in [0.5, 0.6) is 0 Å². The molecule has 2 aromatic heterocycles. The van der Waals surface area contributed by atoms with Gasteiger partial charge in [0.1, 0.15) is 6.61 Å². The Morgan fingerprint density at radius 1 is 1.24 bits per heavy atom. The molecule has 2 aliphatic rings. The smallest absolute Gasteiger partial charge is 0.409 e. The number of aromatic nitrogens is 3. The number of likely N-dealkylation sites (tertiary alicyclic amines) is 1. The highest BCUT2D eigenvalue weighted by Gasteiger charge is 2.53. The number of ether oxygens (including phenoxy) is 2. The van der Waals surface area contributed by atoms with Crippen LogP contribution in [0.4, 0.5) is 4.79 Å². The maximum Gasteiger partial charge on any atom is 0.409 e. The molecule has 0 N–H and O–H groups in total. The van der Waals surface area contributed by atoms with Crippen molar-refractivity contribution in [3.05, 3.63) is 48.3 Å². The van der Waals surface area contributed by atoms with Crippen LogP contribution in [0.2, 0.25) is 0 Å². The number of carbonyl (C=O) groups is 1. The molecule has 0 aliphatic carbocycles. The molecule has 1 fully saturated rings. The number of amides is 1. The van der Waals surface area contributed by atoms with E-state index in [-0.39, 0.29) is 18.1 Å². The Hall–Kier alpha value is -2.93. The summed E-state index contributed by atoms with van der Waals surface area (Å²) < 4.78 is 12.3. The first-order valence-electron chi connectivity index (χ1n) is 9.95. The molecule has 2 aliphatic heterocycles. The van der Waals surface area contributed by atoms with E-state index in [1.165, 1.54) is 5.69 Å². The van der Waals surface area contributed by atoms with Gasteiger partial charge in [0.15, 0.2) is 0 Å². The molecule has 0 saturated carbocycles. The maximum atomic E-state index is 12.2. The summed E-state index contributed by atoms with van der Waals surface area (Å²) in [5, 5.41) is 5.99. The van der Waals surface area contributed by atoms with Gasteiger partial charge in [-0.1, -0.05) is 18.2 Å². The Bertz CT molecular complexity index is 1070. The van der Waals surface area contributed by atoms with Crippen LogP contribution in [0.25, 0.3) is 22.2 Å². The second-order valence-corrected chi connectivity index (χ2v) is 8.07. The van der Waals surface area contributed by atoms with Crippen LogP contribution in [-0.2, 0) is 14.9 Å². The topological polar surface area (TPSA) is 69.5 Å². The number of hydrogen-bond donors (Lipinski definition) is 0. The van der Waals surface area contributed by atoms with Gasteiger partial charge in [-0.3, -0.25) is 9.67 Å². The number of nitrogens with zero attached hydrogens (tertiary/aromatic N) is 4. The van der Waals surface area contributed by atoms with Crippen molar-refractivity contribution >= 4 is 17.0 Å². The third-order valence-corrected chi connectivity index (χ3v) is 6.03. The average molecular weight is 392 g/mol. The third-order valence-electron chi connectivity index (χ3n) is 6.03. The minimum atomic E-state index is -0.266. The number of para-hydroxylation sites is 1. The molecule has 1 saturated heterocycles. The van der Waals surface area contributed by atoms with E-state index >= 15 is 0 Å². The summed E-state index contributed by atoms with van der Waals surface area (Å²) in [7, 11) is 1.59. The van der Waals surface area contributed by atoms with Crippen LogP contribution in [0.3, 0.4) is 0 Å². The fourth-order valence-electron chi connectivity index (χ4n) is 4.64. The van der Waals surface area contributed by atoms with Crippen molar-refractivity contribution < 1.29 is 14.3 Å². The van der Waals surface area contributed by atoms with Crippen molar-refractivity contribution in [3.8, 4) is 11.3 Å². The van der Waals surface area contributed by atoms with Gasteiger partial charge in [0.05, 0.1) is 23.9 Å². The Labute approximate surface area is 169 Å². The number of pyridine rings is 1. The fraction of sp³-hybridized carbons (Fsp3) is 0.409. The molecular weight excluding hydrogens is 368 g/mol. The zero-order valence-corrected chi connectivity index (χ0v) is 16.7. The van der Waals surface area contributed by atoms with Crippen molar-refractivity contribution in [3.63, 3.8) is 0 Å². The number of rotatable bonds is 4. The van der Waals surface area contributed by atoms with Gasteiger partial charge in [-0.2, -0.15) is 5.10 Å². The minimum Gasteiger partial charge on any atom is -0.447 e. The summed E-state index contributed by atoms with van der Waals surface area (Å²) >= 11 is 0. The van der Waals surface area contributed by atoms with Gasteiger partial charge in [-0.15, -0.1) is 0 Å². The number of fused-ring (bicyclic) bond motifs is 3. The van der Waals surface area contributed by atoms with E-state index in [9.17, 15) is 4.79 Å². The lowest BCUT2D eigenvalue weighted by Gasteiger charge is -2.46. The second-order valence-electron chi connectivity index (χ2n) is 8.07.